The summed E-state index contributed by atoms with van der Waals surface area (Å²) < 4.78 is 26.9. The molecule has 0 aliphatic rings. The Balaban J connectivity index is 1.83. The first-order chi connectivity index (χ1) is 13.3. The molecule has 0 aliphatic carbocycles. The summed E-state index contributed by atoms with van der Waals surface area (Å²) in [7, 11) is 0. The number of nitrogens with one attached hydrogen (secondary N) is 2. The van der Waals surface area contributed by atoms with Gasteiger partial charge in [-0.25, -0.2) is 18.7 Å². The average molecular weight is 383 g/mol. The number of hydrogen-bond donors (Lipinski definition) is 2. The molecule has 0 bridgehead atoms. The number of halogens is 2. The van der Waals surface area contributed by atoms with E-state index in [1.807, 2.05) is 0 Å². The molecule has 3 rings (SSSR count). The van der Waals surface area contributed by atoms with Gasteiger partial charge in [0, 0.05) is 35.0 Å². The van der Waals surface area contributed by atoms with E-state index >= 15 is 0 Å². The number of aromatic amines is 1. The van der Waals surface area contributed by atoms with Gasteiger partial charge in [-0.1, -0.05) is 0 Å². The number of hydrogen-bond acceptors (Lipinski definition) is 5. The van der Waals surface area contributed by atoms with E-state index in [0.29, 0.717) is 16.5 Å². The van der Waals surface area contributed by atoms with E-state index in [1.54, 1.807) is 19.9 Å². The summed E-state index contributed by atoms with van der Waals surface area (Å²) in [5.74, 6) is -2.52. The molecule has 7 nitrogen and oxygen atoms in total. The maximum Gasteiger partial charge on any atom is 0.252 e. The van der Waals surface area contributed by atoms with E-state index in [4.69, 9.17) is 5.26 Å². The molecular formula is C19H15F2N5O2. The van der Waals surface area contributed by atoms with Crippen molar-refractivity contribution in [1.29, 1.82) is 5.26 Å². The Morgan fingerprint density at radius 1 is 1.29 bits per heavy atom. The van der Waals surface area contributed by atoms with Gasteiger partial charge in [-0.15, -0.1) is 0 Å². The third kappa shape index (κ3) is 3.71. The molecule has 3 aromatic rings. The molecule has 0 saturated carbocycles. The standard InChI is InChI=1S/C19H15F2N5O2/c1-9-12-3-14(20)15(21)5-16(12)26-19(28)13(9)4-18(27)25-10(2)11-7-23-17(6-22)24-8-11/h3,5,7-8,10H,4H2,1-2H3,(H,25,27)(H,26,28)/t10-/m1/s1. The van der Waals surface area contributed by atoms with Crippen molar-refractivity contribution in [3.63, 3.8) is 0 Å². The van der Waals surface area contributed by atoms with Gasteiger partial charge in [-0.2, -0.15) is 5.26 Å². The number of rotatable bonds is 4. The van der Waals surface area contributed by atoms with Gasteiger partial charge >= 0.3 is 0 Å². The summed E-state index contributed by atoms with van der Waals surface area (Å²) in [6.07, 6.45) is 2.63. The van der Waals surface area contributed by atoms with Crippen molar-refractivity contribution >= 4 is 16.8 Å². The van der Waals surface area contributed by atoms with Gasteiger partial charge in [0.15, 0.2) is 11.6 Å². The Bertz CT molecular complexity index is 1170. The third-order valence-electron chi connectivity index (χ3n) is 4.43. The Labute approximate surface area is 158 Å². The second kappa shape index (κ2) is 7.52. The summed E-state index contributed by atoms with van der Waals surface area (Å²) in [4.78, 5) is 34.9. The van der Waals surface area contributed by atoms with Gasteiger partial charge in [0.05, 0.1) is 18.0 Å². The molecule has 142 valence electrons. The third-order valence-corrected chi connectivity index (χ3v) is 4.43. The Morgan fingerprint density at radius 3 is 2.57 bits per heavy atom. The summed E-state index contributed by atoms with van der Waals surface area (Å²) in [5, 5.41) is 11.8. The molecule has 1 amide bonds. The average Bonchev–Trinajstić information content (AvgIpc) is 2.67. The van der Waals surface area contributed by atoms with Crippen LogP contribution in [0, 0.1) is 29.9 Å². The number of carbonyl (C=O) groups is 1. The number of fused-ring (bicyclic) bond motifs is 1. The fraction of sp³-hybridized carbons (Fsp3) is 0.211. The molecule has 0 saturated heterocycles. The van der Waals surface area contributed by atoms with Crippen molar-refractivity contribution in [2.24, 2.45) is 0 Å². The van der Waals surface area contributed by atoms with Crippen molar-refractivity contribution in [2.75, 3.05) is 0 Å². The zero-order chi connectivity index (χ0) is 20.4. The first kappa shape index (κ1) is 19.1. The second-order valence-electron chi connectivity index (χ2n) is 6.29. The van der Waals surface area contributed by atoms with Gasteiger partial charge in [-0.3, -0.25) is 9.59 Å². The number of nitriles is 1. The van der Waals surface area contributed by atoms with Crippen molar-refractivity contribution in [3.8, 4) is 6.07 Å². The van der Waals surface area contributed by atoms with E-state index in [2.05, 4.69) is 20.3 Å². The minimum atomic E-state index is -1.06. The van der Waals surface area contributed by atoms with Crippen LogP contribution in [-0.2, 0) is 11.2 Å². The maximum absolute atomic E-state index is 13.6. The number of benzene rings is 1. The number of aryl methyl sites for hydroxylation is 1. The highest BCUT2D eigenvalue weighted by atomic mass is 19.2. The first-order valence-electron chi connectivity index (χ1n) is 8.32. The highest BCUT2D eigenvalue weighted by Gasteiger charge is 2.17. The van der Waals surface area contributed by atoms with Crippen LogP contribution in [0.3, 0.4) is 0 Å². The Hall–Kier alpha value is -3.67. The number of nitrogens with zero attached hydrogens (tertiary/aromatic N) is 3. The van der Waals surface area contributed by atoms with Crippen LogP contribution in [0.25, 0.3) is 10.9 Å². The largest absolute Gasteiger partial charge is 0.349 e. The lowest BCUT2D eigenvalue weighted by Gasteiger charge is -2.14. The van der Waals surface area contributed by atoms with E-state index in [0.717, 1.165) is 12.1 Å². The van der Waals surface area contributed by atoms with Gasteiger partial charge < -0.3 is 10.3 Å². The molecule has 1 atom stereocenters. The lowest BCUT2D eigenvalue weighted by molar-refractivity contribution is -0.121. The Morgan fingerprint density at radius 2 is 1.93 bits per heavy atom. The zero-order valence-corrected chi connectivity index (χ0v) is 15.0. The monoisotopic (exact) mass is 383 g/mol. The minimum absolute atomic E-state index is 0.0178. The number of H-pyrrole nitrogens is 1. The molecule has 2 N–H and O–H groups in total. The van der Waals surface area contributed by atoms with E-state index < -0.39 is 29.1 Å². The zero-order valence-electron chi connectivity index (χ0n) is 15.0. The quantitative estimate of drug-likeness (QED) is 0.717. The number of pyridine rings is 1. The molecule has 28 heavy (non-hydrogen) atoms. The van der Waals surface area contributed by atoms with Crippen LogP contribution in [0.2, 0.25) is 0 Å². The van der Waals surface area contributed by atoms with Crippen molar-refractivity contribution in [2.45, 2.75) is 26.3 Å². The lowest BCUT2D eigenvalue weighted by Crippen LogP contribution is -2.31. The van der Waals surface area contributed by atoms with Gasteiger partial charge in [0.2, 0.25) is 11.7 Å². The summed E-state index contributed by atoms with van der Waals surface area (Å²) in [6.45, 7) is 3.29. The van der Waals surface area contributed by atoms with Crippen LogP contribution in [0.1, 0.15) is 35.5 Å². The van der Waals surface area contributed by atoms with Crippen molar-refractivity contribution in [3.05, 3.63) is 69.0 Å². The number of carbonyl (C=O) groups excluding carboxylic acids is 1. The molecule has 0 unspecified atom stereocenters. The summed E-state index contributed by atoms with van der Waals surface area (Å²) >= 11 is 0. The topological polar surface area (TPSA) is 112 Å². The molecule has 0 spiro atoms. The molecule has 1 aromatic carbocycles. The fourth-order valence-electron chi connectivity index (χ4n) is 2.86. The predicted molar refractivity (Wildman–Crippen MR) is 96.2 cm³/mol. The highest BCUT2D eigenvalue weighted by Crippen LogP contribution is 2.21. The number of aromatic nitrogens is 3. The Kier molecular flexibility index (Phi) is 5.13. The van der Waals surface area contributed by atoms with E-state index in [-0.39, 0.29) is 23.3 Å². The molecule has 2 heterocycles. The molecule has 9 heteroatoms. The molecular weight excluding hydrogens is 368 g/mol. The van der Waals surface area contributed by atoms with Crippen LogP contribution in [-0.4, -0.2) is 20.9 Å². The van der Waals surface area contributed by atoms with Crippen molar-refractivity contribution in [1.82, 2.24) is 20.3 Å². The minimum Gasteiger partial charge on any atom is -0.349 e. The summed E-state index contributed by atoms with van der Waals surface area (Å²) in [5.41, 5.74) is 0.782. The molecule has 2 aromatic heterocycles. The predicted octanol–water partition coefficient (Wildman–Crippen LogP) is 2.20. The van der Waals surface area contributed by atoms with Crippen LogP contribution in [0.4, 0.5) is 8.78 Å². The van der Waals surface area contributed by atoms with Gasteiger partial charge in [0.25, 0.3) is 5.56 Å². The van der Waals surface area contributed by atoms with E-state index in [1.165, 1.54) is 12.4 Å². The second-order valence-corrected chi connectivity index (χ2v) is 6.29. The molecule has 0 aliphatic heterocycles. The SMILES string of the molecule is Cc1c(CC(=O)N[C@H](C)c2cnc(C#N)nc2)c(=O)[nH]c2cc(F)c(F)cc12. The maximum atomic E-state index is 13.6. The molecule has 0 radical (unpaired) electrons. The van der Waals surface area contributed by atoms with Crippen molar-refractivity contribution < 1.29 is 13.6 Å². The first-order valence-corrected chi connectivity index (χ1v) is 8.32. The van der Waals surface area contributed by atoms with Crippen LogP contribution in [0.5, 0.6) is 0 Å². The molecule has 0 fully saturated rings. The van der Waals surface area contributed by atoms with Gasteiger partial charge in [-0.05, 0) is 25.5 Å². The highest BCUT2D eigenvalue weighted by molar-refractivity contribution is 5.86. The summed E-state index contributed by atoms with van der Waals surface area (Å²) in [6, 6.07) is 3.26. The van der Waals surface area contributed by atoms with Gasteiger partial charge in [0.1, 0.15) is 6.07 Å². The number of amides is 1. The van der Waals surface area contributed by atoms with Crippen LogP contribution in [0.15, 0.2) is 29.3 Å². The smallest absolute Gasteiger partial charge is 0.252 e. The van der Waals surface area contributed by atoms with Crippen LogP contribution < -0.4 is 10.9 Å². The fourth-order valence-corrected chi connectivity index (χ4v) is 2.86. The normalized spacial score (nSPS) is 11.8. The van der Waals surface area contributed by atoms with Crippen LogP contribution >= 0.6 is 0 Å². The lowest BCUT2D eigenvalue weighted by atomic mass is 10.0. The van der Waals surface area contributed by atoms with E-state index in [9.17, 15) is 18.4 Å².